The minimum atomic E-state index is -3.56. The maximum Gasteiger partial charge on any atom is 0.240 e. The summed E-state index contributed by atoms with van der Waals surface area (Å²) in [5.41, 5.74) is 1.25. The number of aliphatic hydroxyl groups excluding tert-OH is 1. The van der Waals surface area contributed by atoms with Crippen molar-refractivity contribution >= 4 is 10.0 Å². The van der Waals surface area contributed by atoms with E-state index in [9.17, 15) is 8.42 Å². The smallest absolute Gasteiger partial charge is 0.240 e. The Morgan fingerprint density at radius 3 is 2.71 bits per heavy atom. The van der Waals surface area contributed by atoms with Gasteiger partial charge < -0.3 is 9.84 Å². The maximum absolute atomic E-state index is 12.3. The molecule has 5 nitrogen and oxygen atoms in total. The van der Waals surface area contributed by atoms with Gasteiger partial charge in [0.2, 0.25) is 10.0 Å². The molecule has 1 aromatic carbocycles. The van der Waals surface area contributed by atoms with Gasteiger partial charge in [-0.2, -0.15) is 0 Å². The maximum atomic E-state index is 12.3. The Morgan fingerprint density at radius 2 is 2.05 bits per heavy atom. The van der Waals surface area contributed by atoms with E-state index in [4.69, 9.17) is 9.84 Å². The molecule has 1 saturated carbocycles. The second-order valence-corrected chi connectivity index (χ2v) is 7.17. The van der Waals surface area contributed by atoms with Crippen LogP contribution in [0.2, 0.25) is 0 Å². The second kappa shape index (κ2) is 7.35. The lowest BCUT2D eigenvalue weighted by atomic mass is 10.2. The number of aryl methyl sites for hydroxylation is 1. The van der Waals surface area contributed by atoms with Crippen molar-refractivity contribution in [2.24, 2.45) is 0 Å². The van der Waals surface area contributed by atoms with Crippen LogP contribution in [-0.4, -0.2) is 32.8 Å². The van der Waals surface area contributed by atoms with Crippen LogP contribution in [0.4, 0.5) is 0 Å². The van der Waals surface area contributed by atoms with E-state index in [1.165, 1.54) is 18.9 Å². The summed E-state index contributed by atoms with van der Waals surface area (Å²) in [6.45, 7) is 2.22. The first-order valence-corrected chi connectivity index (χ1v) is 8.83. The average Bonchev–Trinajstić information content (AvgIpc) is 2.97. The Labute approximate surface area is 126 Å². The Bertz CT molecular complexity index is 565. The quantitative estimate of drug-likeness (QED) is 0.752. The number of rotatable bonds is 7. The van der Waals surface area contributed by atoms with E-state index in [0.29, 0.717) is 17.7 Å². The van der Waals surface area contributed by atoms with Crippen LogP contribution in [0.5, 0.6) is 0 Å². The number of sulfonamides is 1. The molecule has 0 unspecified atom stereocenters. The fraction of sp³-hybridized carbons (Fsp3) is 0.600. The van der Waals surface area contributed by atoms with Crippen molar-refractivity contribution in [3.8, 4) is 0 Å². The van der Waals surface area contributed by atoms with Crippen molar-refractivity contribution in [1.82, 2.24) is 4.72 Å². The summed E-state index contributed by atoms with van der Waals surface area (Å²) in [7, 11) is -3.56. The molecule has 1 aliphatic carbocycles. The molecular weight excluding hydrogens is 290 g/mol. The van der Waals surface area contributed by atoms with Crippen LogP contribution >= 0.6 is 0 Å². The van der Waals surface area contributed by atoms with Crippen molar-refractivity contribution in [1.29, 1.82) is 0 Å². The summed E-state index contributed by atoms with van der Waals surface area (Å²) >= 11 is 0. The van der Waals surface area contributed by atoms with E-state index in [0.717, 1.165) is 12.8 Å². The van der Waals surface area contributed by atoms with Gasteiger partial charge in [0.15, 0.2) is 0 Å². The first kappa shape index (κ1) is 16.4. The van der Waals surface area contributed by atoms with Gasteiger partial charge in [0, 0.05) is 6.54 Å². The second-order valence-electron chi connectivity index (χ2n) is 5.43. The number of ether oxygens (including phenoxy) is 1. The summed E-state index contributed by atoms with van der Waals surface area (Å²) in [6, 6.07) is 4.93. The SMILES string of the molecule is Cc1ccc(CO)cc1S(=O)(=O)NCCOC1CCCC1. The molecule has 6 heteroatoms. The summed E-state index contributed by atoms with van der Waals surface area (Å²) in [4.78, 5) is 0.218. The van der Waals surface area contributed by atoms with Crippen LogP contribution < -0.4 is 4.72 Å². The standard InChI is InChI=1S/C15H23NO4S/c1-12-6-7-13(11-17)10-15(12)21(18,19)16-8-9-20-14-4-2-3-5-14/h6-7,10,14,16-17H,2-5,8-9,11H2,1H3. The van der Waals surface area contributed by atoms with Crippen LogP contribution in [0.15, 0.2) is 23.1 Å². The summed E-state index contributed by atoms with van der Waals surface area (Å²) in [5.74, 6) is 0. The molecule has 0 aliphatic heterocycles. The lowest BCUT2D eigenvalue weighted by Gasteiger charge is -2.13. The Morgan fingerprint density at radius 1 is 1.33 bits per heavy atom. The van der Waals surface area contributed by atoms with Crippen molar-refractivity contribution in [2.45, 2.75) is 50.2 Å². The number of hydrogen-bond acceptors (Lipinski definition) is 4. The third-order valence-corrected chi connectivity index (χ3v) is 5.38. The zero-order valence-corrected chi connectivity index (χ0v) is 13.2. The zero-order valence-electron chi connectivity index (χ0n) is 12.3. The van der Waals surface area contributed by atoms with Gasteiger partial charge in [-0.25, -0.2) is 13.1 Å². The minimum Gasteiger partial charge on any atom is -0.392 e. The van der Waals surface area contributed by atoms with E-state index in [2.05, 4.69) is 4.72 Å². The predicted octanol–water partition coefficient (Wildman–Crippen LogP) is 1.72. The van der Waals surface area contributed by atoms with Crippen molar-refractivity contribution in [3.63, 3.8) is 0 Å². The first-order chi connectivity index (χ1) is 10.0. The molecular formula is C15H23NO4S. The zero-order chi connectivity index (χ0) is 15.3. The van der Waals surface area contributed by atoms with E-state index in [1.54, 1.807) is 19.1 Å². The summed E-state index contributed by atoms with van der Waals surface area (Å²) in [6.07, 6.45) is 4.83. The van der Waals surface area contributed by atoms with Crippen LogP contribution in [0.25, 0.3) is 0 Å². The number of nitrogens with one attached hydrogen (secondary N) is 1. The molecule has 1 aliphatic rings. The van der Waals surface area contributed by atoms with Crippen molar-refractivity contribution < 1.29 is 18.3 Å². The summed E-state index contributed by atoms with van der Waals surface area (Å²) in [5, 5.41) is 9.12. The largest absolute Gasteiger partial charge is 0.392 e. The molecule has 21 heavy (non-hydrogen) atoms. The Hall–Kier alpha value is -0.950. The molecule has 0 amide bonds. The van der Waals surface area contributed by atoms with Gasteiger partial charge in [0.1, 0.15) is 0 Å². The van der Waals surface area contributed by atoms with Crippen molar-refractivity contribution in [2.75, 3.05) is 13.2 Å². The highest BCUT2D eigenvalue weighted by atomic mass is 32.2. The molecule has 1 fully saturated rings. The number of aliphatic hydroxyl groups is 1. The van der Waals surface area contributed by atoms with Crippen LogP contribution in [0.3, 0.4) is 0 Å². The van der Waals surface area contributed by atoms with E-state index < -0.39 is 10.0 Å². The van der Waals surface area contributed by atoms with Crippen LogP contribution in [0.1, 0.15) is 36.8 Å². The van der Waals surface area contributed by atoms with E-state index in [-0.39, 0.29) is 24.2 Å². The highest BCUT2D eigenvalue weighted by molar-refractivity contribution is 7.89. The molecule has 0 aromatic heterocycles. The molecule has 0 bridgehead atoms. The Balaban J connectivity index is 1.91. The average molecular weight is 313 g/mol. The van der Waals surface area contributed by atoms with Gasteiger partial charge >= 0.3 is 0 Å². The van der Waals surface area contributed by atoms with Gasteiger partial charge in [-0.3, -0.25) is 0 Å². The molecule has 0 radical (unpaired) electrons. The normalized spacial score (nSPS) is 16.5. The van der Waals surface area contributed by atoms with E-state index >= 15 is 0 Å². The fourth-order valence-electron chi connectivity index (χ4n) is 2.57. The molecule has 1 aromatic rings. The predicted molar refractivity (Wildman–Crippen MR) is 80.5 cm³/mol. The fourth-order valence-corrected chi connectivity index (χ4v) is 3.87. The topological polar surface area (TPSA) is 75.6 Å². The van der Waals surface area contributed by atoms with Crippen LogP contribution in [-0.2, 0) is 21.4 Å². The molecule has 2 rings (SSSR count). The van der Waals surface area contributed by atoms with Gasteiger partial charge in [-0.05, 0) is 37.0 Å². The minimum absolute atomic E-state index is 0.173. The third-order valence-electron chi connectivity index (χ3n) is 3.77. The molecule has 0 heterocycles. The number of hydrogen-bond donors (Lipinski definition) is 2. The highest BCUT2D eigenvalue weighted by Gasteiger charge is 2.18. The van der Waals surface area contributed by atoms with E-state index in [1.807, 2.05) is 0 Å². The molecule has 0 atom stereocenters. The van der Waals surface area contributed by atoms with Gasteiger partial charge in [-0.15, -0.1) is 0 Å². The lowest BCUT2D eigenvalue weighted by molar-refractivity contribution is 0.0626. The van der Waals surface area contributed by atoms with Gasteiger partial charge in [0.05, 0.1) is 24.2 Å². The molecule has 0 saturated heterocycles. The third kappa shape index (κ3) is 4.51. The molecule has 118 valence electrons. The summed E-state index contributed by atoms with van der Waals surface area (Å²) < 4.78 is 32.7. The number of benzene rings is 1. The highest BCUT2D eigenvalue weighted by Crippen LogP contribution is 2.20. The molecule has 2 N–H and O–H groups in total. The Kier molecular flexibility index (Phi) is 5.75. The van der Waals surface area contributed by atoms with Crippen LogP contribution in [0, 0.1) is 6.92 Å². The first-order valence-electron chi connectivity index (χ1n) is 7.34. The van der Waals surface area contributed by atoms with Gasteiger partial charge in [0.25, 0.3) is 0 Å². The lowest BCUT2D eigenvalue weighted by Crippen LogP contribution is -2.29. The van der Waals surface area contributed by atoms with Gasteiger partial charge in [-0.1, -0.05) is 25.0 Å². The monoisotopic (exact) mass is 313 g/mol. The molecule has 0 spiro atoms. The van der Waals surface area contributed by atoms with Crippen molar-refractivity contribution in [3.05, 3.63) is 29.3 Å².